The first-order valence-corrected chi connectivity index (χ1v) is 11.0. The molecule has 3 rings (SSSR count). The van der Waals surface area contributed by atoms with Gasteiger partial charge in [0.2, 0.25) is 0 Å². The van der Waals surface area contributed by atoms with Gasteiger partial charge in [-0.05, 0) is 67.5 Å². The van der Waals surface area contributed by atoms with E-state index in [4.69, 9.17) is 21.1 Å². The first kappa shape index (κ1) is 22.6. The van der Waals surface area contributed by atoms with Crippen LogP contribution < -0.4 is 10.1 Å². The van der Waals surface area contributed by atoms with Crippen molar-refractivity contribution in [2.45, 2.75) is 50.7 Å². The van der Waals surface area contributed by atoms with Crippen LogP contribution in [0.15, 0.2) is 48.5 Å². The Labute approximate surface area is 183 Å². The Balaban J connectivity index is 1.48. The number of aliphatic hydroxyl groups is 1. The number of carbonyl (C=O) groups is 1. The van der Waals surface area contributed by atoms with Crippen molar-refractivity contribution >= 4 is 17.6 Å². The number of ether oxygens (including phenoxy) is 2. The minimum atomic E-state index is -0.570. The molecule has 2 N–H and O–H groups in total. The zero-order valence-corrected chi connectivity index (χ0v) is 18.1. The average molecular weight is 432 g/mol. The van der Waals surface area contributed by atoms with Crippen LogP contribution in [0.4, 0.5) is 0 Å². The van der Waals surface area contributed by atoms with Crippen molar-refractivity contribution in [2.24, 2.45) is 0 Å². The van der Waals surface area contributed by atoms with Crippen LogP contribution in [0.2, 0.25) is 5.02 Å². The van der Waals surface area contributed by atoms with Crippen LogP contribution in [0.3, 0.4) is 0 Å². The van der Waals surface area contributed by atoms with E-state index < -0.39 is 6.10 Å². The third kappa shape index (κ3) is 6.73. The number of nitrogens with one attached hydrogen (secondary N) is 1. The van der Waals surface area contributed by atoms with Gasteiger partial charge >= 0.3 is 5.97 Å². The molecule has 1 fully saturated rings. The Morgan fingerprint density at radius 3 is 2.77 bits per heavy atom. The van der Waals surface area contributed by atoms with E-state index in [0.29, 0.717) is 35.9 Å². The molecule has 5 nitrogen and oxygen atoms in total. The van der Waals surface area contributed by atoms with Crippen molar-refractivity contribution in [1.82, 2.24) is 5.32 Å². The summed E-state index contributed by atoms with van der Waals surface area (Å²) in [5.41, 5.74) is 2.11. The standard InChI is InChI=1S/C24H30ClNO4/c1-2-29-24(28)16-30-22-11-9-17(10-12-22)18-5-4-8-21(14-18)26-15-23(27)19-6-3-7-20(25)13-19/h3,6-7,9-13,18,21,23,26-27H,2,4-5,8,14-16H2,1H3/t18?,21?,23-/m0/s1. The van der Waals surface area contributed by atoms with Crippen molar-refractivity contribution in [3.05, 3.63) is 64.7 Å². The maximum absolute atomic E-state index is 11.4. The molecule has 0 spiro atoms. The van der Waals surface area contributed by atoms with Gasteiger partial charge in [-0.15, -0.1) is 0 Å². The molecule has 162 valence electrons. The quantitative estimate of drug-likeness (QED) is 0.566. The van der Waals surface area contributed by atoms with Gasteiger partial charge in [-0.1, -0.05) is 42.3 Å². The van der Waals surface area contributed by atoms with E-state index in [2.05, 4.69) is 17.4 Å². The van der Waals surface area contributed by atoms with E-state index in [0.717, 1.165) is 31.2 Å². The number of carbonyl (C=O) groups excluding carboxylic acids is 1. The van der Waals surface area contributed by atoms with Gasteiger partial charge in [0.15, 0.2) is 6.61 Å². The predicted molar refractivity (Wildman–Crippen MR) is 118 cm³/mol. The minimum Gasteiger partial charge on any atom is -0.482 e. The number of aliphatic hydroxyl groups excluding tert-OH is 1. The van der Waals surface area contributed by atoms with Crippen LogP contribution in [0.1, 0.15) is 55.8 Å². The lowest BCUT2D eigenvalue weighted by Gasteiger charge is -2.31. The van der Waals surface area contributed by atoms with E-state index >= 15 is 0 Å². The number of halogens is 1. The molecular formula is C24H30ClNO4. The summed E-state index contributed by atoms with van der Waals surface area (Å²) in [5, 5.41) is 14.6. The molecule has 2 aromatic rings. The molecule has 0 saturated heterocycles. The Morgan fingerprint density at radius 1 is 1.23 bits per heavy atom. The van der Waals surface area contributed by atoms with Gasteiger partial charge in [-0.3, -0.25) is 0 Å². The summed E-state index contributed by atoms with van der Waals surface area (Å²) < 4.78 is 10.3. The summed E-state index contributed by atoms with van der Waals surface area (Å²) in [6.07, 6.45) is 3.87. The first-order chi connectivity index (χ1) is 14.5. The smallest absolute Gasteiger partial charge is 0.344 e. The normalized spacial score (nSPS) is 19.8. The summed E-state index contributed by atoms with van der Waals surface area (Å²) in [7, 11) is 0. The Bertz CT molecular complexity index is 811. The minimum absolute atomic E-state index is 0.0719. The van der Waals surface area contributed by atoms with Crippen LogP contribution in [-0.4, -0.2) is 36.9 Å². The molecule has 2 unspecified atom stereocenters. The fourth-order valence-electron chi connectivity index (χ4n) is 3.97. The van der Waals surface area contributed by atoms with Crippen molar-refractivity contribution in [1.29, 1.82) is 0 Å². The monoisotopic (exact) mass is 431 g/mol. The fourth-order valence-corrected chi connectivity index (χ4v) is 4.17. The van der Waals surface area contributed by atoms with Gasteiger partial charge in [-0.2, -0.15) is 0 Å². The largest absolute Gasteiger partial charge is 0.482 e. The number of esters is 1. The Kier molecular flexibility index (Phi) is 8.55. The van der Waals surface area contributed by atoms with Crippen LogP contribution in [-0.2, 0) is 9.53 Å². The molecule has 1 saturated carbocycles. The van der Waals surface area contributed by atoms with Crippen molar-refractivity contribution < 1.29 is 19.4 Å². The van der Waals surface area contributed by atoms with Crippen LogP contribution in [0.5, 0.6) is 5.75 Å². The van der Waals surface area contributed by atoms with Crippen molar-refractivity contribution in [2.75, 3.05) is 19.8 Å². The van der Waals surface area contributed by atoms with E-state index in [1.165, 1.54) is 5.56 Å². The SMILES string of the molecule is CCOC(=O)COc1ccc(C2CCCC(NC[C@H](O)c3cccc(Cl)c3)C2)cc1. The van der Waals surface area contributed by atoms with Crippen LogP contribution >= 0.6 is 11.6 Å². The number of hydrogen-bond acceptors (Lipinski definition) is 5. The van der Waals surface area contributed by atoms with E-state index in [1.54, 1.807) is 6.92 Å². The fraction of sp³-hybridized carbons (Fsp3) is 0.458. The number of benzene rings is 2. The lowest BCUT2D eigenvalue weighted by atomic mass is 9.81. The molecule has 1 aliphatic rings. The molecule has 0 heterocycles. The zero-order valence-electron chi connectivity index (χ0n) is 17.4. The summed E-state index contributed by atoms with van der Waals surface area (Å²) >= 11 is 6.02. The van der Waals surface area contributed by atoms with Crippen LogP contribution in [0, 0.1) is 0 Å². The second-order valence-corrected chi connectivity index (χ2v) is 8.14. The van der Waals surface area contributed by atoms with Crippen LogP contribution in [0.25, 0.3) is 0 Å². The third-order valence-electron chi connectivity index (χ3n) is 5.52. The molecule has 30 heavy (non-hydrogen) atoms. The lowest BCUT2D eigenvalue weighted by Crippen LogP contribution is -2.36. The van der Waals surface area contributed by atoms with Crippen molar-refractivity contribution in [3.63, 3.8) is 0 Å². The molecule has 0 aliphatic heterocycles. The highest BCUT2D eigenvalue weighted by Crippen LogP contribution is 2.34. The molecule has 0 amide bonds. The average Bonchev–Trinajstić information content (AvgIpc) is 2.77. The summed E-state index contributed by atoms with van der Waals surface area (Å²) in [4.78, 5) is 11.4. The van der Waals surface area contributed by atoms with Gasteiger partial charge in [0.25, 0.3) is 0 Å². The third-order valence-corrected chi connectivity index (χ3v) is 5.76. The Hall–Kier alpha value is -2.08. The summed E-state index contributed by atoms with van der Waals surface area (Å²) in [6.45, 7) is 2.57. The van der Waals surface area contributed by atoms with Gasteiger partial charge in [0.1, 0.15) is 5.75 Å². The summed E-state index contributed by atoms with van der Waals surface area (Å²) in [5.74, 6) is 0.781. The molecular weight excluding hydrogens is 402 g/mol. The van der Waals surface area contributed by atoms with E-state index in [9.17, 15) is 9.90 Å². The highest BCUT2D eigenvalue weighted by Gasteiger charge is 2.23. The topological polar surface area (TPSA) is 67.8 Å². The van der Waals surface area contributed by atoms with E-state index in [-0.39, 0.29) is 12.6 Å². The summed E-state index contributed by atoms with van der Waals surface area (Å²) in [6, 6.07) is 15.7. The number of rotatable bonds is 9. The molecule has 3 atom stereocenters. The lowest BCUT2D eigenvalue weighted by molar-refractivity contribution is -0.145. The highest BCUT2D eigenvalue weighted by molar-refractivity contribution is 6.30. The van der Waals surface area contributed by atoms with Gasteiger partial charge in [0, 0.05) is 17.6 Å². The molecule has 6 heteroatoms. The predicted octanol–water partition coefficient (Wildman–Crippen LogP) is 4.63. The molecule has 2 aromatic carbocycles. The Morgan fingerprint density at radius 2 is 2.03 bits per heavy atom. The highest BCUT2D eigenvalue weighted by atomic mass is 35.5. The molecule has 1 aliphatic carbocycles. The molecule has 0 radical (unpaired) electrons. The first-order valence-electron chi connectivity index (χ1n) is 10.6. The van der Waals surface area contributed by atoms with Crippen molar-refractivity contribution in [3.8, 4) is 5.75 Å². The van der Waals surface area contributed by atoms with E-state index in [1.807, 2.05) is 36.4 Å². The molecule has 0 aromatic heterocycles. The number of hydrogen-bond donors (Lipinski definition) is 2. The second kappa shape index (κ2) is 11.3. The maximum atomic E-state index is 11.4. The van der Waals surface area contributed by atoms with Gasteiger partial charge in [-0.25, -0.2) is 4.79 Å². The molecule has 0 bridgehead atoms. The van der Waals surface area contributed by atoms with Gasteiger partial charge in [0.05, 0.1) is 12.7 Å². The van der Waals surface area contributed by atoms with Gasteiger partial charge < -0.3 is 19.9 Å². The zero-order chi connectivity index (χ0) is 21.3. The second-order valence-electron chi connectivity index (χ2n) is 7.70. The maximum Gasteiger partial charge on any atom is 0.344 e.